The number of hydrogen-bond acceptors (Lipinski definition) is 2. The predicted octanol–water partition coefficient (Wildman–Crippen LogP) is 3.98. The summed E-state index contributed by atoms with van der Waals surface area (Å²) in [6, 6.07) is 9.38. The maximum absolute atomic E-state index is 14.2. The Bertz CT molecular complexity index is 628. The maximum atomic E-state index is 14.2. The van der Waals surface area contributed by atoms with E-state index in [1.165, 1.54) is 12.1 Å². The lowest BCUT2D eigenvalue weighted by Crippen LogP contribution is -2.20. The molecule has 0 aliphatic carbocycles. The quantitative estimate of drug-likeness (QED) is 0.899. The molecular formula is C17H19F2NO. The van der Waals surface area contributed by atoms with E-state index >= 15 is 0 Å². The summed E-state index contributed by atoms with van der Waals surface area (Å²) in [6.07, 6.45) is 0. The third-order valence-electron chi connectivity index (χ3n) is 3.41. The molecule has 0 aliphatic heterocycles. The Labute approximate surface area is 123 Å². The molecule has 0 saturated heterocycles. The van der Waals surface area contributed by atoms with Crippen LogP contribution in [0.1, 0.15) is 29.7 Å². The summed E-state index contributed by atoms with van der Waals surface area (Å²) in [4.78, 5) is 0. The molecule has 4 heteroatoms. The van der Waals surface area contributed by atoms with Crippen molar-refractivity contribution in [2.75, 3.05) is 13.7 Å². The van der Waals surface area contributed by atoms with Gasteiger partial charge in [0.15, 0.2) is 0 Å². The van der Waals surface area contributed by atoms with Gasteiger partial charge in [0.2, 0.25) is 0 Å². The van der Waals surface area contributed by atoms with Crippen molar-refractivity contribution in [2.45, 2.75) is 19.9 Å². The fraction of sp³-hybridized carbons (Fsp3) is 0.294. The molecule has 0 aromatic heterocycles. The molecule has 2 aromatic carbocycles. The van der Waals surface area contributed by atoms with E-state index in [4.69, 9.17) is 4.74 Å². The number of para-hydroxylation sites is 1. The number of nitrogens with one attached hydrogen (secondary N) is 1. The standard InChI is InChI=1S/C17H19F2NO/c1-4-21-16-8-6-5-7-12(16)17(20-3)13-10-14(18)11(2)9-15(13)19/h5-10,17,20H,4H2,1-3H3. The molecule has 112 valence electrons. The second kappa shape index (κ2) is 6.68. The van der Waals surface area contributed by atoms with E-state index in [9.17, 15) is 8.78 Å². The highest BCUT2D eigenvalue weighted by molar-refractivity contribution is 5.42. The van der Waals surface area contributed by atoms with Crippen molar-refractivity contribution in [2.24, 2.45) is 0 Å². The second-order valence-electron chi connectivity index (χ2n) is 4.82. The Balaban J connectivity index is 2.52. The van der Waals surface area contributed by atoms with E-state index in [-0.39, 0.29) is 5.56 Å². The molecule has 2 aromatic rings. The zero-order valence-corrected chi connectivity index (χ0v) is 12.4. The molecule has 1 N–H and O–H groups in total. The van der Waals surface area contributed by atoms with E-state index in [0.717, 1.165) is 5.56 Å². The molecule has 0 heterocycles. The summed E-state index contributed by atoms with van der Waals surface area (Å²) in [5, 5.41) is 3.03. The normalized spacial score (nSPS) is 12.2. The molecule has 1 unspecified atom stereocenters. The first-order valence-corrected chi connectivity index (χ1v) is 6.93. The summed E-state index contributed by atoms with van der Waals surface area (Å²) in [5.41, 5.74) is 1.35. The summed E-state index contributed by atoms with van der Waals surface area (Å²) >= 11 is 0. The highest BCUT2D eigenvalue weighted by Crippen LogP contribution is 2.32. The lowest BCUT2D eigenvalue weighted by molar-refractivity contribution is 0.333. The summed E-state index contributed by atoms with van der Waals surface area (Å²) in [6.45, 7) is 3.94. The smallest absolute Gasteiger partial charge is 0.128 e. The van der Waals surface area contributed by atoms with Gasteiger partial charge in [-0.15, -0.1) is 0 Å². The van der Waals surface area contributed by atoms with Crippen LogP contribution in [0.2, 0.25) is 0 Å². The predicted molar refractivity (Wildman–Crippen MR) is 79.6 cm³/mol. The van der Waals surface area contributed by atoms with Gasteiger partial charge in [-0.25, -0.2) is 8.78 Å². The van der Waals surface area contributed by atoms with Crippen LogP contribution in [-0.4, -0.2) is 13.7 Å². The number of halogens is 2. The van der Waals surface area contributed by atoms with E-state index in [1.807, 2.05) is 31.2 Å². The average Bonchev–Trinajstić information content (AvgIpc) is 2.47. The van der Waals surface area contributed by atoms with Crippen molar-refractivity contribution >= 4 is 0 Å². The van der Waals surface area contributed by atoms with Crippen molar-refractivity contribution in [3.8, 4) is 5.75 Å². The van der Waals surface area contributed by atoms with E-state index in [2.05, 4.69) is 5.32 Å². The zero-order chi connectivity index (χ0) is 15.4. The van der Waals surface area contributed by atoms with Gasteiger partial charge in [-0.3, -0.25) is 0 Å². The van der Waals surface area contributed by atoms with Crippen molar-refractivity contribution in [1.29, 1.82) is 0 Å². The summed E-state index contributed by atoms with van der Waals surface area (Å²) in [7, 11) is 1.71. The Hall–Kier alpha value is -1.94. The highest BCUT2D eigenvalue weighted by Gasteiger charge is 2.21. The van der Waals surface area contributed by atoms with Crippen LogP contribution < -0.4 is 10.1 Å². The Morgan fingerprint density at radius 2 is 1.81 bits per heavy atom. The van der Waals surface area contributed by atoms with Crippen LogP contribution >= 0.6 is 0 Å². The number of rotatable bonds is 5. The Kier molecular flexibility index (Phi) is 4.91. The van der Waals surface area contributed by atoms with Gasteiger partial charge in [0.25, 0.3) is 0 Å². The minimum atomic E-state index is -0.470. The van der Waals surface area contributed by atoms with Crippen molar-refractivity contribution in [1.82, 2.24) is 5.32 Å². The van der Waals surface area contributed by atoms with E-state index in [1.54, 1.807) is 14.0 Å². The summed E-state index contributed by atoms with van der Waals surface area (Å²) in [5.74, 6) is -0.181. The first kappa shape index (κ1) is 15.4. The number of benzene rings is 2. The topological polar surface area (TPSA) is 21.3 Å². The van der Waals surface area contributed by atoms with Crippen LogP contribution in [0.15, 0.2) is 36.4 Å². The van der Waals surface area contributed by atoms with Gasteiger partial charge >= 0.3 is 0 Å². The van der Waals surface area contributed by atoms with Crippen LogP contribution in [0.5, 0.6) is 5.75 Å². The number of aryl methyl sites for hydroxylation is 1. The first-order valence-electron chi connectivity index (χ1n) is 6.93. The molecule has 0 amide bonds. The molecular weight excluding hydrogens is 272 g/mol. The monoisotopic (exact) mass is 291 g/mol. The van der Waals surface area contributed by atoms with Crippen LogP contribution in [0.25, 0.3) is 0 Å². The largest absolute Gasteiger partial charge is 0.494 e. The van der Waals surface area contributed by atoms with E-state index < -0.39 is 17.7 Å². The van der Waals surface area contributed by atoms with Gasteiger partial charge in [0, 0.05) is 11.1 Å². The Morgan fingerprint density at radius 1 is 1.10 bits per heavy atom. The minimum Gasteiger partial charge on any atom is -0.494 e. The fourth-order valence-electron chi connectivity index (χ4n) is 2.37. The molecule has 21 heavy (non-hydrogen) atoms. The van der Waals surface area contributed by atoms with Gasteiger partial charge in [-0.2, -0.15) is 0 Å². The molecule has 0 fully saturated rings. The lowest BCUT2D eigenvalue weighted by Gasteiger charge is -2.21. The molecule has 0 bridgehead atoms. The van der Waals surface area contributed by atoms with Crippen LogP contribution in [0.4, 0.5) is 8.78 Å². The third-order valence-corrected chi connectivity index (χ3v) is 3.41. The van der Waals surface area contributed by atoms with Gasteiger partial charge in [-0.05, 0) is 44.7 Å². The van der Waals surface area contributed by atoms with Crippen molar-refractivity contribution in [3.05, 3.63) is 64.7 Å². The molecule has 1 atom stereocenters. The van der Waals surface area contributed by atoms with Crippen LogP contribution in [-0.2, 0) is 0 Å². The molecule has 2 rings (SSSR count). The van der Waals surface area contributed by atoms with Crippen molar-refractivity contribution in [3.63, 3.8) is 0 Å². The zero-order valence-electron chi connectivity index (χ0n) is 12.4. The Morgan fingerprint density at radius 3 is 2.48 bits per heavy atom. The van der Waals surface area contributed by atoms with E-state index in [0.29, 0.717) is 17.9 Å². The van der Waals surface area contributed by atoms with Crippen LogP contribution in [0, 0.1) is 18.6 Å². The summed E-state index contributed by atoms with van der Waals surface area (Å²) < 4.78 is 33.6. The molecule has 0 spiro atoms. The van der Waals surface area contributed by atoms with Gasteiger partial charge < -0.3 is 10.1 Å². The second-order valence-corrected chi connectivity index (χ2v) is 4.82. The third kappa shape index (κ3) is 3.22. The highest BCUT2D eigenvalue weighted by atomic mass is 19.1. The fourth-order valence-corrected chi connectivity index (χ4v) is 2.37. The van der Waals surface area contributed by atoms with Gasteiger partial charge in [-0.1, -0.05) is 18.2 Å². The number of ether oxygens (including phenoxy) is 1. The molecule has 0 radical (unpaired) electrons. The maximum Gasteiger partial charge on any atom is 0.128 e. The molecule has 2 nitrogen and oxygen atoms in total. The molecule has 0 saturated carbocycles. The van der Waals surface area contributed by atoms with Gasteiger partial charge in [0.05, 0.1) is 12.6 Å². The SMILES string of the molecule is CCOc1ccccc1C(NC)c1cc(F)c(C)cc1F. The lowest BCUT2D eigenvalue weighted by atomic mass is 9.96. The molecule has 0 aliphatic rings. The van der Waals surface area contributed by atoms with Crippen LogP contribution in [0.3, 0.4) is 0 Å². The van der Waals surface area contributed by atoms with Gasteiger partial charge in [0.1, 0.15) is 17.4 Å². The minimum absolute atomic E-state index is 0.271. The first-order chi connectivity index (χ1) is 10.1. The average molecular weight is 291 g/mol. The van der Waals surface area contributed by atoms with Crippen molar-refractivity contribution < 1.29 is 13.5 Å². The number of hydrogen-bond donors (Lipinski definition) is 1.